The number of rotatable bonds is 14. The number of aromatic nitrogens is 10. The Balaban J connectivity index is 0.000000226. The predicted octanol–water partition coefficient (Wildman–Crippen LogP) is 3.05. The monoisotopic (exact) mass is 1470 g/mol. The topological polar surface area (TPSA) is 351 Å². The van der Waals surface area contributed by atoms with E-state index in [0.717, 1.165) is 56.0 Å². The molecule has 3 aliphatic heterocycles. The number of morpholine rings is 2. The zero-order valence-electron chi connectivity index (χ0n) is 57.4. The third-order valence-electron chi connectivity index (χ3n) is 17.7. The fraction of sp³-hybridized carbons (Fsp3) is 0.333. The van der Waals surface area contributed by atoms with Crippen LogP contribution >= 0.6 is 0 Å². The summed E-state index contributed by atoms with van der Waals surface area (Å²) in [4.78, 5) is 133. The van der Waals surface area contributed by atoms with Gasteiger partial charge in [0, 0.05) is 113 Å². The molecule has 0 spiro atoms. The van der Waals surface area contributed by atoms with Crippen LogP contribution in [0.1, 0.15) is 55.8 Å². The van der Waals surface area contributed by atoms with Gasteiger partial charge >= 0.3 is 54.5 Å². The molecule has 106 heavy (non-hydrogen) atoms. The molecule has 0 unspecified atom stereocenters. The van der Waals surface area contributed by atoms with E-state index in [4.69, 9.17) is 18.9 Å². The second-order valence-corrected chi connectivity index (χ2v) is 24.2. The van der Waals surface area contributed by atoms with Crippen molar-refractivity contribution in [1.29, 1.82) is 0 Å². The van der Waals surface area contributed by atoms with Gasteiger partial charge in [-0.15, -0.1) is 0 Å². The number of carboxylic acids is 1. The summed E-state index contributed by atoms with van der Waals surface area (Å²) in [5.41, 5.74) is -2.50. The van der Waals surface area contributed by atoms with Crippen molar-refractivity contribution in [2.75, 3.05) is 69.6 Å². The number of anilines is 2. The first kappa shape index (κ1) is 79.2. The minimum absolute atomic E-state index is 0. The molecular formula is C69H65F8LiN14O14. The van der Waals surface area contributed by atoms with Crippen molar-refractivity contribution in [2.24, 2.45) is 14.1 Å². The molecule has 3 fully saturated rings. The van der Waals surface area contributed by atoms with Gasteiger partial charge in [0.25, 0.3) is 22.9 Å². The Bertz CT molecular complexity index is 5220. The number of ether oxygens (including phenoxy) is 4. The zero-order chi connectivity index (χ0) is 74.6. The second-order valence-electron chi connectivity index (χ2n) is 24.2. The quantitative estimate of drug-likeness (QED) is 0.0800. The van der Waals surface area contributed by atoms with Crippen molar-refractivity contribution < 1.29 is 103 Å². The number of carbonyl (C=O) groups is 4. The number of benzene rings is 4. The van der Waals surface area contributed by atoms with Crippen LogP contribution in [-0.4, -0.2) is 179 Å². The van der Waals surface area contributed by atoms with Gasteiger partial charge in [0.2, 0.25) is 0 Å². The number of nitrogens with one attached hydrogen (secondary N) is 2. The number of amides is 2. The molecule has 552 valence electrons. The van der Waals surface area contributed by atoms with E-state index in [0.29, 0.717) is 21.9 Å². The largest absolute Gasteiger partial charge is 1.00 e. The summed E-state index contributed by atoms with van der Waals surface area (Å²) in [5.74, 6) is -6.62. The van der Waals surface area contributed by atoms with E-state index in [9.17, 15) is 69.8 Å². The number of methoxy groups -OCH3 is 1. The number of esters is 1. The first-order valence-electron chi connectivity index (χ1n) is 32.1. The maximum atomic E-state index is 15.5. The number of pyridine rings is 2. The van der Waals surface area contributed by atoms with Crippen molar-refractivity contribution >= 4 is 79.3 Å². The van der Waals surface area contributed by atoms with E-state index in [1.54, 1.807) is 30.3 Å². The standard InChI is InChI=1S/C33H29F4N7O6.C32H27F4N7O6.C4H8O.Li.H2O/c1-17-13-19(43-11-12-50-16-24(43)33(35,36)37)15-21(34)25(17)29(45)41-22(31(47)49-3)14-18-6-7-23(26-20(18)5-4-8-38-26)44-30(46)27-28(40-10-9-39-27)42(2)32(44)48;1-16-12-18(42-10-11-49-15-23(42)32(34,35)36)14-20(33)24(16)28(44)40-21(30(46)47)13-17-5-6-22(25-19(17)4-3-7-37-25)43-29(45)26-27(39-9-8-38-26)41(2)31(43)48;1-2-4-5-3-1;;/h4-10,13,15,22,24H,11-12,14,16H2,1-3H3,(H,41,45);3-9,12,14,21,23H,10-11,13,15H2,1-2H3,(H,40,44)(H,46,47);1-4H2;;1H2/q;;;+1;/p-1/t22-,24+;21-,23+;;;/m00.../s1. The zero-order valence-corrected chi connectivity index (χ0v) is 57.4. The Labute approximate surface area is 606 Å². The Hall–Kier alpha value is -10.9. The first-order chi connectivity index (χ1) is 49.6. The fourth-order valence-electron chi connectivity index (χ4n) is 12.6. The van der Waals surface area contributed by atoms with E-state index in [1.807, 2.05) is 0 Å². The van der Waals surface area contributed by atoms with Crippen molar-refractivity contribution in [2.45, 2.75) is 76.1 Å². The summed E-state index contributed by atoms with van der Waals surface area (Å²) in [6, 6.07) is 9.53. The van der Waals surface area contributed by atoms with Crippen molar-refractivity contribution in [3.63, 3.8) is 0 Å². The molecule has 4 N–H and O–H groups in total. The van der Waals surface area contributed by atoms with Gasteiger partial charge in [0.1, 0.15) is 35.8 Å². The molecule has 28 nitrogen and oxygen atoms in total. The summed E-state index contributed by atoms with van der Waals surface area (Å²) >= 11 is 0. The molecule has 0 aliphatic carbocycles. The fourth-order valence-corrected chi connectivity index (χ4v) is 12.6. The number of aliphatic carboxylic acids is 1. The number of nitrogens with zero attached hydrogens (tertiary/aromatic N) is 12. The Kier molecular flexibility index (Phi) is 24.7. The molecular weight excluding hydrogens is 1410 g/mol. The normalized spacial score (nSPS) is 15.8. The molecule has 3 aliphatic rings. The number of carbonyl (C=O) groups excluding carboxylic acids is 3. The molecule has 13 rings (SSSR count). The van der Waals surface area contributed by atoms with Gasteiger partial charge in [-0.05, 0) is 97.5 Å². The molecule has 9 heterocycles. The van der Waals surface area contributed by atoms with Gasteiger partial charge in [-0.2, -0.15) is 26.3 Å². The summed E-state index contributed by atoms with van der Waals surface area (Å²) in [6.45, 7) is 3.15. The summed E-state index contributed by atoms with van der Waals surface area (Å²) in [5, 5.41) is 15.6. The number of carboxylic acid groups (broad SMARTS) is 1. The van der Waals surface area contributed by atoms with Gasteiger partial charge in [0.05, 0.1) is 67.1 Å². The number of halogens is 8. The molecule has 37 heteroatoms. The maximum absolute atomic E-state index is 15.5. The Morgan fingerprint density at radius 3 is 1.34 bits per heavy atom. The molecule has 4 aromatic carbocycles. The number of alkyl halides is 6. The van der Waals surface area contributed by atoms with E-state index >= 15 is 8.78 Å². The summed E-state index contributed by atoms with van der Waals surface area (Å²) in [6.07, 6.45) is 0.983. The first-order valence-corrected chi connectivity index (χ1v) is 32.1. The van der Waals surface area contributed by atoms with E-state index < -0.39 is 119 Å². The van der Waals surface area contributed by atoms with Crippen LogP contribution in [0, 0.1) is 25.5 Å². The molecule has 0 radical (unpaired) electrons. The van der Waals surface area contributed by atoms with Crippen LogP contribution in [0.3, 0.4) is 0 Å². The Morgan fingerprint density at radius 1 is 0.566 bits per heavy atom. The molecule has 3 saturated heterocycles. The molecule has 2 amide bonds. The predicted molar refractivity (Wildman–Crippen MR) is 361 cm³/mol. The van der Waals surface area contributed by atoms with Crippen LogP contribution in [0.15, 0.2) is 129 Å². The van der Waals surface area contributed by atoms with Crippen LogP contribution in [0.4, 0.5) is 46.5 Å². The number of hydrogen-bond acceptors (Lipinski definition) is 21. The number of hydrogen-bond donors (Lipinski definition) is 3. The molecule has 4 atom stereocenters. The van der Waals surface area contributed by atoms with Crippen LogP contribution in [0.5, 0.6) is 0 Å². The van der Waals surface area contributed by atoms with Gasteiger partial charge in [-0.25, -0.2) is 57.0 Å². The third kappa shape index (κ3) is 16.3. The molecule has 6 aromatic heterocycles. The van der Waals surface area contributed by atoms with Gasteiger partial charge in [0.15, 0.2) is 22.3 Å². The Morgan fingerprint density at radius 2 is 0.962 bits per heavy atom. The minimum atomic E-state index is -4.65. The molecule has 0 bridgehead atoms. The van der Waals surface area contributed by atoms with E-state index in [1.165, 1.54) is 113 Å². The summed E-state index contributed by atoms with van der Waals surface area (Å²) in [7, 11) is 3.98. The third-order valence-corrected chi connectivity index (χ3v) is 17.7. The van der Waals surface area contributed by atoms with Crippen LogP contribution < -0.4 is 61.8 Å². The average molecular weight is 1470 g/mol. The van der Waals surface area contributed by atoms with Gasteiger partial charge < -0.3 is 50.0 Å². The van der Waals surface area contributed by atoms with Crippen LogP contribution in [0.2, 0.25) is 0 Å². The smallest absolute Gasteiger partial charge is 0.870 e. The average Bonchev–Trinajstić information content (AvgIpc) is 0.812. The molecule has 0 saturated carbocycles. The van der Waals surface area contributed by atoms with Crippen molar-refractivity contribution in [3.8, 4) is 11.4 Å². The minimum Gasteiger partial charge on any atom is -0.870 e. The van der Waals surface area contributed by atoms with Gasteiger partial charge in [-0.3, -0.25) is 38.3 Å². The summed E-state index contributed by atoms with van der Waals surface area (Å²) < 4.78 is 137. The molecule has 10 aromatic rings. The number of fused-ring (bicyclic) bond motifs is 4. The number of aryl methyl sites for hydroxylation is 4. The second kappa shape index (κ2) is 33.0. The van der Waals surface area contributed by atoms with Gasteiger partial charge in [-0.1, -0.05) is 24.3 Å². The van der Waals surface area contributed by atoms with E-state index in [-0.39, 0.29) is 131 Å². The van der Waals surface area contributed by atoms with Crippen LogP contribution in [0.25, 0.3) is 55.5 Å². The SMILES string of the molecule is C1CCOC1.COC(=O)[C@H](Cc1ccc(-n2c(=O)c3nccnc3n(C)c2=O)c2ncccc12)NC(=O)c1c(C)cc(N2CCOC[C@@H]2C(F)(F)F)cc1F.Cc1cc(N2CCOC[C@@H]2C(F)(F)F)cc(F)c1C(=O)N[C@@H](Cc1ccc(-n2c(=O)c3nccnc3n(C)c2=O)c2ncccc12)C(=O)O.[Li+].[OH-]. The van der Waals surface area contributed by atoms with Crippen molar-refractivity contribution in [3.05, 3.63) is 197 Å². The van der Waals surface area contributed by atoms with Crippen LogP contribution in [-0.2, 0) is 55.5 Å². The van der Waals surface area contributed by atoms with Crippen molar-refractivity contribution in [1.82, 2.24) is 58.8 Å². The van der Waals surface area contributed by atoms with E-state index in [2.05, 4.69) is 40.5 Å². The maximum Gasteiger partial charge on any atom is 1.00 e.